The van der Waals surface area contributed by atoms with E-state index in [1.165, 1.54) is 0 Å². The van der Waals surface area contributed by atoms with Crippen LogP contribution in [0.3, 0.4) is 0 Å². The third-order valence-corrected chi connectivity index (χ3v) is 10.9. The van der Waals surface area contributed by atoms with Crippen molar-refractivity contribution in [3.63, 3.8) is 0 Å². The summed E-state index contributed by atoms with van der Waals surface area (Å²) in [6.45, 7) is 0.696. The molecule has 0 radical (unpaired) electrons. The summed E-state index contributed by atoms with van der Waals surface area (Å²) in [6, 6.07) is 11.9. The highest BCUT2D eigenvalue weighted by Crippen LogP contribution is 2.46. The van der Waals surface area contributed by atoms with Gasteiger partial charge in [0.15, 0.2) is 9.84 Å². The molecule has 1 aliphatic heterocycles. The van der Waals surface area contributed by atoms with E-state index in [2.05, 4.69) is 0 Å². The van der Waals surface area contributed by atoms with Gasteiger partial charge in [-0.05, 0) is 86.9 Å². The largest absolute Gasteiger partial charge is 0.381 e. The molecule has 3 aliphatic rings. The van der Waals surface area contributed by atoms with Crippen LogP contribution < -0.4 is 4.90 Å². The van der Waals surface area contributed by atoms with Gasteiger partial charge < -0.3 is 9.64 Å². The number of halogens is 2. The second-order valence-corrected chi connectivity index (χ2v) is 12.8. The van der Waals surface area contributed by atoms with Crippen molar-refractivity contribution >= 4 is 44.6 Å². The molecule has 0 spiro atoms. The first-order valence-corrected chi connectivity index (χ1v) is 14.3. The van der Waals surface area contributed by atoms with Crippen molar-refractivity contribution in [2.45, 2.75) is 67.1 Å². The third kappa shape index (κ3) is 4.06. The molecule has 0 bridgehead atoms. The van der Waals surface area contributed by atoms with Gasteiger partial charge in [-0.15, -0.1) is 0 Å². The van der Waals surface area contributed by atoms with Crippen LogP contribution in [0.15, 0.2) is 47.4 Å². The molecule has 2 aromatic carbocycles. The Morgan fingerprint density at radius 3 is 2.12 bits per heavy atom. The van der Waals surface area contributed by atoms with Gasteiger partial charge in [-0.1, -0.05) is 35.7 Å². The molecule has 1 amide bonds. The van der Waals surface area contributed by atoms with Gasteiger partial charge in [0.1, 0.15) is 4.75 Å². The smallest absolute Gasteiger partial charge is 0.230 e. The van der Waals surface area contributed by atoms with E-state index < -0.39 is 14.6 Å². The van der Waals surface area contributed by atoms with Crippen LogP contribution in [0.25, 0.3) is 0 Å². The van der Waals surface area contributed by atoms with E-state index in [-0.39, 0.29) is 22.8 Å². The topological polar surface area (TPSA) is 63.7 Å². The number of rotatable bonds is 6. The summed E-state index contributed by atoms with van der Waals surface area (Å²) in [7, 11) is -3.76. The van der Waals surface area contributed by atoms with Crippen LogP contribution in [-0.2, 0) is 24.1 Å². The summed E-state index contributed by atoms with van der Waals surface area (Å²) in [5.41, 5.74) is 1.34. The molecule has 34 heavy (non-hydrogen) atoms. The van der Waals surface area contributed by atoms with Gasteiger partial charge in [0, 0.05) is 30.2 Å². The van der Waals surface area contributed by atoms with Crippen molar-refractivity contribution < 1.29 is 17.9 Å². The molecule has 1 heterocycles. The number of anilines is 1. The Bertz CT molecular complexity index is 1170. The zero-order chi connectivity index (χ0) is 23.9. The number of nitrogens with zero attached hydrogens (tertiary/aromatic N) is 1. The summed E-state index contributed by atoms with van der Waals surface area (Å²) in [5, 5.41) is 0.911. The first kappa shape index (κ1) is 24.1. The molecule has 0 aromatic heterocycles. The quantitative estimate of drug-likeness (QED) is 0.456. The zero-order valence-electron chi connectivity index (χ0n) is 19.0. The SMILES string of the molecule is O=C(C1CCC1)N(c1ccc(C2(S(=O)(=O)c3ccc(Cl)cc3)CCOCC2)cc1Cl)C1CCC1. The Morgan fingerprint density at radius 2 is 1.59 bits per heavy atom. The fourth-order valence-electron chi connectivity index (χ4n) is 5.23. The van der Waals surface area contributed by atoms with Crippen molar-refractivity contribution in [3.8, 4) is 0 Å². The van der Waals surface area contributed by atoms with Crippen LogP contribution in [0.5, 0.6) is 0 Å². The van der Waals surface area contributed by atoms with Gasteiger partial charge in [-0.2, -0.15) is 0 Å². The van der Waals surface area contributed by atoms with E-state index >= 15 is 0 Å². The van der Waals surface area contributed by atoms with E-state index in [4.69, 9.17) is 27.9 Å². The average Bonchev–Trinajstić information content (AvgIpc) is 2.76. The third-order valence-electron chi connectivity index (χ3n) is 7.80. The molecular weight excluding hydrogens is 493 g/mol. The Hall–Kier alpha value is -1.60. The van der Waals surface area contributed by atoms with Gasteiger partial charge in [-0.3, -0.25) is 4.79 Å². The van der Waals surface area contributed by atoms with Gasteiger partial charge in [-0.25, -0.2) is 8.42 Å². The molecule has 5 rings (SSSR count). The maximum absolute atomic E-state index is 14.0. The predicted octanol–water partition coefficient (Wildman–Crippen LogP) is 6.16. The summed E-state index contributed by atoms with van der Waals surface area (Å²) >= 11 is 12.8. The van der Waals surface area contributed by atoms with Crippen LogP contribution in [-0.4, -0.2) is 33.6 Å². The Balaban J connectivity index is 1.55. The summed E-state index contributed by atoms with van der Waals surface area (Å²) < 4.78 is 32.3. The molecule has 1 saturated heterocycles. The molecule has 0 atom stereocenters. The van der Waals surface area contributed by atoms with Crippen LogP contribution in [0.2, 0.25) is 10.0 Å². The molecular formula is C26H29Cl2NO4S. The zero-order valence-corrected chi connectivity index (χ0v) is 21.3. The van der Waals surface area contributed by atoms with Gasteiger partial charge >= 0.3 is 0 Å². The minimum absolute atomic E-state index is 0.0726. The van der Waals surface area contributed by atoms with Gasteiger partial charge in [0.05, 0.1) is 15.6 Å². The van der Waals surface area contributed by atoms with E-state index in [9.17, 15) is 13.2 Å². The number of amides is 1. The molecule has 2 aliphatic carbocycles. The molecule has 8 heteroatoms. The Morgan fingerprint density at radius 1 is 0.941 bits per heavy atom. The van der Waals surface area contributed by atoms with E-state index in [0.29, 0.717) is 47.4 Å². The monoisotopic (exact) mass is 521 g/mol. The molecule has 2 aromatic rings. The summed E-state index contributed by atoms with van der Waals surface area (Å²) in [6.07, 6.45) is 6.68. The number of hydrogen-bond acceptors (Lipinski definition) is 4. The molecule has 182 valence electrons. The Kier molecular flexibility index (Phi) is 6.70. The second-order valence-electron chi connectivity index (χ2n) is 9.65. The summed E-state index contributed by atoms with van der Waals surface area (Å²) in [4.78, 5) is 15.4. The molecule has 0 N–H and O–H groups in total. The van der Waals surface area contributed by atoms with Crippen LogP contribution in [0.4, 0.5) is 5.69 Å². The van der Waals surface area contributed by atoms with Gasteiger partial charge in [0.2, 0.25) is 5.91 Å². The van der Waals surface area contributed by atoms with Crippen LogP contribution in [0.1, 0.15) is 56.9 Å². The number of hydrogen-bond donors (Lipinski definition) is 0. The van der Waals surface area contributed by atoms with Crippen molar-refractivity contribution in [2.24, 2.45) is 5.92 Å². The summed E-state index contributed by atoms with van der Waals surface area (Å²) in [5.74, 6) is 0.226. The van der Waals surface area contributed by atoms with Crippen LogP contribution in [0, 0.1) is 5.92 Å². The van der Waals surface area contributed by atoms with Crippen molar-refractivity contribution in [1.29, 1.82) is 0 Å². The first-order valence-electron chi connectivity index (χ1n) is 12.0. The molecule has 5 nitrogen and oxygen atoms in total. The number of sulfone groups is 1. The predicted molar refractivity (Wildman–Crippen MR) is 134 cm³/mol. The van der Waals surface area contributed by atoms with E-state index in [0.717, 1.165) is 38.5 Å². The van der Waals surface area contributed by atoms with E-state index in [1.807, 2.05) is 17.0 Å². The van der Waals surface area contributed by atoms with Crippen LogP contribution >= 0.6 is 23.2 Å². The molecule has 3 fully saturated rings. The highest BCUT2D eigenvalue weighted by molar-refractivity contribution is 7.92. The first-order chi connectivity index (χ1) is 16.3. The normalized spacial score (nSPS) is 20.9. The lowest BCUT2D eigenvalue weighted by Crippen LogP contribution is -2.48. The lowest BCUT2D eigenvalue weighted by atomic mass is 9.82. The van der Waals surface area contributed by atoms with E-state index in [1.54, 1.807) is 30.3 Å². The number of benzene rings is 2. The molecule has 2 saturated carbocycles. The van der Waals surface area contributed by atoms with Gasteiger partial charge in [0.25, 0.3) is 0 Å². The van der Waals surface area contributed by atoms with Crippen molar-refractivity contribution in [1.82, 2.24) is 0 Å². The number of ether oxygens (including phenoxy) is 1. The maximum atomic E-state index is 14.0. The Labute approximate surface area is 211 Å². The number of carbonyl (C=O) groups excluding carboxylic acids is 1. The van der Waals surface area contributed by atoms with Crippen molar-refractivity contribution in [2.75, 3.05) is 18.1 Å². The standard InChI is InChI=1S/C26H29Cl2NO4S/c27-20-8-10-22(11-9-20)34(31,32)26(13-15-33-16-14-26)19-7-12-24(23(28)17-19)29(21-5-2-6-21)25(30)18-3-1-4-18/h7-12,17-18,21H,1-6,13-16H2. The average molecular weight is 522 g/mol. The lowest BCUT2D eigenvalue weighted by molar-refractivity contribution is -0.125. The molecule has 0 unspecified atom stereocenters. The highest BCUT2D eigenvalue weighted by atomic mass is 35.5. The minimum Gasteiger partial charge on any atom is -0.381 e. The fraction of sp³-hybridized carbons (Fsp3) is 0.500. The minimum atomic E-state index is -3.76. The number of carbonyl (C=O) groups is 1. The second kappa shape index (κ2) is 9.45. The van der Waals surface area contributed by atoms with Crippen molar-refractivity contribution in [3.05, 3.63) is 58.1 Å². The lowest BCUT2D eigenvalue weighted by Gasteiger charge is -2.42. The maximum Gasteiger partial charge on any atom is 0.230 e. The highest BCUT2D eigenvalue weighted by Gasteiger charge is 2.48. The fourth-order valence-corrected chi connectivity index (χ4v) is 7.72.